The summed E-state index contributed by atoms with van der Waals surface area (Å²) in [6, 6.07) is 26.0. The number of pyridine rings is 1. The molecule has 0 radical (unpaired) electrons. The number of rotatable bonds is 7. The first-order valence-corrected chi connectivity index (χ1v) is 15.8. The van der Waals surface area contributed by atoms with Crippen molar-refractivity contribution in [3.8, 4) is 5.69 Å². The third-order valence-corrected chi connectivity index (χ3v) is 9.55. The van der Waals surface area contributed by atoms with Crippen LogP contribution >= 0.6 is 0 Å². The molecule has 2 fully saturated rings. The summed E-state index contributed by atoms with van der Waals surface area (Å²) in [7, 11) is 0. The van der Waals surface area contributed by atoms with E-state index < -0.39 is 5.60 Å². The third kappa shape index (κ3) is 6.06. The number of fused-ring (bicyclic) bond motifs is 1. The Labute approximate surface area is 262 Å². The van der Waals surface area contributed by atoms with Crippen LogP contribution in [0, 0.1) is 5.92 Å². The van der Waals surface area contributed by atoms with E-state index in [4.69, 9.17) is 0 Å². The molecule has 0 unspecified atom stereocenters. The van der Waals surface area contributed by atoms with Gasteiger partial charge in [0.05, 0.1) is 17.5 Å². The summed E-state index contributed by atoms with van der Waals surface area (Å²) in [5.74, 6) is 0.130. The lowest BCUT2D eigenvalue weighted by Gasteiger charge is -2.43. The van der Waals surface area contributed by atoms with Gasteiger partial charge in [-0.15, -0.1) is 0 Å². The number of aliphatic hydroxyl groups is 1. The van der Waals surface area contributed by atoms with Gasteiger partial charge in [-0.1, -0.05) is 54.6 Å². The minimum Gasteiger partial charge on any atom is -0.388 e. The van der Waals surface area contributed by atoms with Gasteiger partial charge < -0.3 is 14.6 Å². The zero-order valence-corrected chi connectivity index (χ0v) is 25.3. The molecule has 7 rings (SSSR count). The fourth-order valence-corrected chi connectivity index (χ4v) is 7.06. The number of piperidine rings is 2. The second-order valence-electron chi connectivity index (χ2n) is 12.5. The van der Waals surface area contributed by atoms with Gasteiger partial charge in [0, 0.05) is 62.3 Å². The molecule has 3 aromatic heterocycles. The van der Waals surface area contributed by atoms with Crippen molar-refractivity contribution < 1.29 is 9.90 Å². The first kappa shape index (κ1) is 29.1. The van der Waals surface area contributed by atoms with Gasteiger partial charge in [0.15, 0.2) is 5.65 Å². The molecular weight excluding hydrogens is 564 g/mol. The van der Waals surface area contributed by atoms with Crippen molar-refractivity contribution in [2.24, 2.45) is 5.92 Å². The van der Waals surface area contributed by atoms with Crippen molar-refractivity contribution in [1.29, 1.82) is 0 Å². The number of aromatic nitrogens is 4. The van der Waals surface area contributed by atoms with Crippen LogP contribution in [0.4, 0.5) is 0 Å². The number of carbonyl (C=O) groups is 1. The normalized spacial score (nSPS) is 20.3. The van der Waals surface area contributed by atoms with Crippen LogP contribution in [0.3, 0.4) is 0 Å². The molecule has 2 atom stereocenters. The number of hydrogen-bond donors (Lipinski definition) is 1. The predicted molar refractivity (Wildman–Crippen MR) is 173 cm³/mol. The Kier molecular flexibility index (Phi) is 8.04. The molecule has 5 heterocycles. The first-order valence-electron chi connectivity index (χ1n) is 15.8. The molecule has 0 saturated carbocycles. The third-order valence-electron chi connectivity index (χ3n) is 9.55. The highest BCUT2D eigenvalue weighted by molar-refractivity contribution is 5.80. The van der Waals surface area contributed by atoms with Crippen molar-refractivity contribution in [3.63, 3.8) is 0 Å². The number of para-hydroxylation sites is 1. The largest absolute Gasteiger partial charge is 0.388 e. The van der Waals surface area contributed by atoms with Gasteiger partial charge in [0.25, 0.3) is 5.56 Å². The Morgan fingerprint density at radius 1 is 0.933 bits per heavy atom. The SMILES string of the molecule is O=C([C@@H]1CCN(Cc2cccnc2)C[C@H]1c1ccccc1)N1CCC(O)(Cn2cnc3c(ccn3-c3ccccc3)c2=O)CC1. The summed E-state index contributed by atoms with van der Waals surface area (Å²) in [6.45, 7) is 3.52. The van der Waals surface area contributed by atoms with Gasteiger partial charge >= 0.3 is 0 Å². The zero-order chi connectivity index (χ0) is 30.8. The minimum absolute atomic E-state index is 0.0875. The number of carbonyl (C=O) groups excluding carboxylic acids is 1. The van der Waals surface area contributed by atoms with Crippen LogP contribution in [-0.4, -0.2) is 71.7 Å². The van der Waals surface area contributed by atoms with E-state index in [1.807, 2.05) is 76.5 Å². The molecule has 2 saturated heterocycles. The molecular formula is C36H38N6O3. The lowest BCUT2D eigenvalue weighted by Crippen LogP contribution is -2.53. The highest BCUT2D eigenvalue weighted by Gasteiger charge is 2.41. The molecule has 45 heavy (non-hydrogen) atoms. The molecule has 230 valence electrons. The van der Waals surface area contributed by atoms with Gasteiger partial charge in [-0.05, 0) is 61.2 Å². The molecule has 0 spiro atoms. The Bertz CT molecular complexity index is 1810. The summed E-state index contributed by atoms with van der Waals surface area (Å²) in [5.41, 5.74) is 2.61. The molecule has 1 N–H and O–H groups in total. The van der Waals surface area contributed by atoms with Crippen LogP contribution in [-0.2, 0) is 17.9 Å². The summed E-state index contributed by atoms with van der Waals surface area (Å²) >= 11 is 0. The van der Waals surface area contributed by atoms with Crippen LogP contribution in [0.2, 0.25) is 0 Å². The van der Waals surface area contributed by atoms with Gasteiger partial charge in [-0.25, -0.2) is 4.98 Å². The topological polar surface area (TPSA) is 96.5 Å². The summed E-state index contributed by atoms with van der Waals surface area (Å²) in [6.07, 6.45) is 8.68. The van der Waals surface area contributed by atoms with E-state index in [1.54, 1.807) is 12.3 Å². The molecule has 5 aromatic rings. The van der Waals surface area contributed by atoms with E-state index in [9.17, 15) is 14.7 Å². The van der Waals surface area contributed by atoms with Gasteiger partial charge in [0.2, 0.25) is 5.91 Å². The number of likely N-dealkylation sites (tertiary alicyclic amines) is 2. The number of amides is 1. The first-order chi connectivity index (χ1) is 22.0. The average Bonchev–Trinajstić information content (AvgIpc) is 3.52. The molecule has 0 aliphatic carbocycles. The second-order valence-corrected chi connectivity index (χ2v) is 12.5. The Morgan fingerprint density at radius 3 is 2.42 bits per heavy atom. The highest BCUT2D eigenvalue weighted by Crippen LogP contribution is 2.36. The molecule has 1 amide bonds. The molecule has 9 nitrogen and oxygen atoms in total. The van der Waals surface area contributed by atoms with Crippen LogP contribution in [0.25, 0.3) is 16.7 Å². The Hall–Kier alpha value is -4.60. The lowest BCUT2D eigenvalue weighted by molar-refractivity contribution is -0.142. The van der Waals surface area contributed by atoms with Crippen LogP contribution in [0.15, 0.2) is 109 Å². The van der Waals surface area contributed by atoms with Crippen molar-refractivity contribution in [3.05, 3.63) is 125 Å². The molecule has 0 bridgehead atoms. The maximum absolute atomic E-state index is 14.0. The van der Waals surface area contributed by atoms with E-state index in [2.05, 4.69) is 33.1 Å². The van der Waals surface area contributed by atoms with Crippen molar-refractivity contribution >= 4 is 16.9 Å². The van der Waals surface area contributed by atoms with E-state index in [-0.39, 0.29) is 29.8 Å². The van der Waals surface area contributed by atoms with Crippen LogP contribution in [0.1, 0.15) is 36.3 Å². The Balaban J connectivity index is 1.03. The maximum atomic E-state index is 14.0. The molecule has 2 aromatic carbocycles. The molecule has 2 aliphatic rings. The standard InChI is InChI=1S/C36H38N6O3/c43-34(30-13-18-39(23-27-8-7-17-37-22-27)24-32(30)28-9-3-1-4-10-28)40-20-15-36(45,16-21-40)25-41-26-38-33-31(35(41)44)14-19-42(33)29-11-5-2-6-12-29/h1-12,14,17,19,22,26,30,32,45H,13,15-16,18,20-21,23-25H2/t30-,32+/m1/s1. The lowest BCUT2D eigenvalue weighted by atomic mass is 9.79. The average molecular weight is 603 g/mol. The van der Waals surface area contributed by atoms with Crippen molar-refractivity contribution in [2.45, 2.75) is 43.9 Å². The van der Waals surface area contributed by atoms with E-state index in [0.29, 0.717) is 37.0 Å². The van der Waals surface area contributed by atoms with Gasteiger partial charge in [-0.2, -0.15) is 0 Å². The summed E-state index contributed by atoms with van der Waals surface area (Å²) in [4.78, 5) is 40.7. The Morgan fingerprint density at radius 2 is 1.69 bits per heavy atom. The predicted octanol–water partition coefficient (Wildman–Crippen LogP) is 4.24. The van der Waals surface area contributed by atoms with Crippen LogP contribution < -0.4 is 5.56 Å². The van der Waals surface area contributed by atoms with Crippen molar-refractivity contribution in [2.75, 3.05) is 26.2 Å². The zero-order valence-electron chi connectivity index (χ0n) is 25.3. The van der Waals surface area contributed by atoms with Crippen molar-refractivity contribution in [1.82, 2.24) is 28.9 Å². The maximum Gasteiger partial charge on any atom is 0.262 e. The smallest absolute Gasteiger partial charge is 0.262 e. The fourth-order valence-electron chi connectivity index (χ4n) is 7.06. The van der Waals surface area contributed by atoms with Gasteiger partial charge in [-0.3, -0.25) is 24.0 Å². The van der Waals surface area contributed by atoms with E-state index >= 15 is 0 Å². The monoisotopic (exact) mass is 602 g/mol. The molecule has 9 heteroatoms. The fraction of sp³-hybridized carbons (Fsp3) is 0.333. The van der Waals surface area contributed by atoms with Crippen LogP contribution in [0.5, 0.6) is 0 Å². The minimum atomic E-state index is -1.09. The quantitative estimate of drug-likeness (QED) is 0.300. The number of benzene rings is 2. The van der Waals surface area contributed by atoms with E-state index in [0.717, 1.165) is 31.7 Å². The van der Waals surface area contributed by atoms with E-state index in [1.165, 1.54) is 22.0 Å². The highest BCUT2D eigenvalue weighted by atomic mass is 16.3. The summed E-state index contributed by atoms with van der Waals surface area (Å²) < 4.78 is 3.41. The van der Waals surface area contributed by atoms with Gasteiger partial charge in [0.1, 0.15) is 6.33 Å². The molecule has 2 aliphatic heterocycles. The number of hydrogen-bond acceptors (Lipinski definition) is 6. The second kappa shape index (κ2) is 12.4. The number of nitrogens with zero attached hydrogens (tertiary/aromatic N) is 6. The summed E-state index contributed by atoms with van der Waals surface area (Å²) in [5, 5.41) is 12.1.